The molecule has 0 spiro atoms. The minimum absolute atomic E-state index is 0.220. The second-order valence-electron chi connectivity index (χ2n) is 7.01. The van der Waals surface area contributed by atoms with Crippen molar-refractivity contribution in [1.82, 2.24) is 15.0 Å². The van der Waals surface area contributed by atoms with E-state index in [9.17, 15) is 10.2 Å². The molecule has 5 unspecified atom stereocenters. The van der Waals surface area contributed by atoms with E-state index in [0.717, 1.165) is 16.8 Å². The van der Waals surface area contributed by atoms with Gasteiger partial charge in [0.15, 0.2) is 0 Å². The van der Waals surface area contributed by atoms with Crippen molar-refractivity contribution < 1.29 is 14.9 Å². The van der Waals surface area contributed by atoms with Gasteiger partial charge in [0.05, 0.1) is 39.8 Å². The first-order valence-corrected chi connectivity index (χ1v) is 9.24. The lowest BCUT2D eigenvalue weighted by Crippen LogP contribution is -2.45. The van der Waals surface area contributed by atoms with Crippen LogP contribution in [0.2, 0.25) is 12.1 Å². The molecule has 1 aromatic heterocycles. The number of aryl methyl sites for hydroxylation is 1. The first-order chi connectivity index (χ1) is 13.4. The Morgan fingerprint density at radius 3 is 2.93 bits per heavy atom. The van der Waals surface area contributed by atoms with Gasteiger partial charge in [-0.05, 0) is 30.2 Å². The van der Waals surface area contributed by atoms with E-state index < -0.39 is 30.2 Å². The van der Waals surface area contributed by atoms with Crippen molar-refractivity contribution in [2.75, 3.05) is 0 Å². The third kappa shape index (κ3) is 4.29. The molecule has 1 saturated heterocycles. The molecule has 0 amide bonds. The summed E-state index contributed by atoms with van der Waals surface area (Å²) in [5.74, 6) is -0.434. The largest absolute Gasteiger partial charge is 0.390 e. The molecule has 2 heterocycles. The molecule has 1 fully saturated rings. The second kappa shape index (κ2) is 8.90. The Morgan fingerprint density at radius 2 is 2.21 bits per heavy atom. The van der Waals surface area contributed by atoms with Crippen LogP contribution >= 0.6 is 0 Å². The number of aliphatic hydroxyl groups is 2. The van der Waals surface area contributed by atoms with Crippen molar-refractivity contribution in [3.05, 3.63) is 59.9 Å². The maximum absolute atomic E-state index is 10.4. The Labute approximate surface area is 167 Å². The van der Waals surface area contributed by atoms with Crippen LogP contribution in [-0.4, -0.2) is 59.2 Å². The number of hydrogen-bond acceptors (Lipinski definition) is 5. The predicted octanol–water partition coefficient (Wildman–Crippen LogP) is 1.87. The van der Waals surface area contributed by atoms with Gasteiger partial charge in [-0.15, -0.1) is 5.10 Å². The molecule has 1 aromatic carbocycles. The fourth-order valence-electron chi connectivity index (χ4n) is 3.23. The Hall–Kier alpha value is -2.15. The molecular weight excluding hydrogens is 352 g/mol. The van der Waals surface area contributed by atoms with E-state index in [1.165, 1.54) is 0 Å². The number of aromatic nitrogens is 3. The third-order valence-corrected chi connectivity index (χ3v) is 4.99. The van der Waals surface area contributed by atoms with Gasteiger partial charge in [0, 0.05) is 6.42 Å². The molecule has 1 aliphatic rings. The Morgan fingerprint density at radius 1 is 1.43 bits per heavy atom. The maximum atomic E-state index is 10.4. The molecule has 0 aliphatic carbocycles. The zero-order chi connectivity index (χ0) is 20.3. The normalized spacial score (nSPS) is 26.4. The van der Waals surface area contributed by atoms with E-state index >= 15 is 0 Å². The number of aliphatic hydroxyl groups excluding tert-OH is 2. The highest BCUT2D eigenvalue weighted by Crippen LogP contribution is 2.35. The van der Waals surface area contributed by atoms with Gasteiger partial charge in [0.25, 0.3) is 0 Å². The molecule has 5 atom stereocenters. The van der Waals surface area contributed by atoms with E-state index in [1.807, 2.05) is 37.3 Å². The Kier molecular flexibility index (Phi) is 6.54. The number of benzene rings is 1. The van der Waals surface area contributed by atoms with Crippen LogP contribution in [0.4, 0.5) is 0 Å². The monoisotopic (exact) mass is 375 g/mol. The molecule has 1 aliphatic heterocycles. The number of nitrogens with zero attached hydrogens (tertiary/aromatic N) is 3. The number of rotatable bonds is 6. The minimum atomic E-state index is -1.12. The van der Waals surface area contributed by atoms with Crippen molar-refractivity contribution in [1.29, 1.82) is 0 Å². The first kappa shape index (κ1) is 20.6. The molecule has 6 nitrogen and oxygen atoms in total. The summed E-state index contributed by atoms with van der Waals surface area (Å²) in [5.41, 5.74) is 3.39. The summed E-state index contributed by atoms with van der Waals surface area (Å²) in [6, 6.07) is 5.90. The van der Waals surface area contributed by atoms with E-state index in [-0.39, 0.29) is 12.7 Å². The van der Waals surface area contributed by atoms with Crippen LogP contribution in [0.5, 0.6) is 0 Å². The van der Waals surface area contributed by atoms with Gasteiger partial charge in [-0.1, -0.05) is 48.2 Å². The van der Waals surface area contributed by atoms with Crippen molar-refractivity contribution in [2.45, 2.75) is 49.9 Å². The van der Waals surface area contributed by atoms with Gasteiger partial charge >= 0.3 is 0 Å². The van der Waals surface area contributed by atoms with Gasteiger partial charge < -0.3 is 14.9 Å². The molecule has 142 valence electrons. The zero-order valence-electron chi connectivity index (χ0n) is 15.8. The van der Waals surface area contributed by atoms with Crippen molar-refractivity contribution in [2.24, 2.45) is 0 Å². The van der Waals surface area contributed by atoms with Gasteiger partial charge in [-0.3, -0.25) is 0 Å². The fraction of sp³-hybridized carbons (Fsp3) is 0.400. The van der Waals surface area contributed by atoms with Crippen LogP contribution in [0.1, 0.15) is 29.3 Å². The van der Waals surface area contributed by atoms with Crippen LogP contribution in [0, 0.1) is 6.92 Å². The minimum Gasteiger partial charge on any atom is -0.390 e. The lowest BCUT2D eigenvalue weighted by atomic mass is 9.71. The highest BCUT2D eigenvalue weighted by Gasteiger charge is 2.40. The number of ether oxygens (including phenoxy) is 1. The zero-order valence-corrected chi connectivity index (χ0v) is 15.8. The summed E-state index contributed by atoms with van der Waals surface area (Å²) in [6.07, 6.45) is 4.30. The highest BCUT2D eigenvalue weighted by molar-refractivity contribution is 6.19. The smallest absolute Gasteiger partial charge is 0.132 e. The standard InChI is InChI=1S/C20H23B2N3O3/c1-3-4-5-13-8-14(7-6-12(13)2)25-11-16(23-24-25)20-19(27)17(26)9-18(28-20)15(22)10-21/h3-8,11,15,17-20,26-27H,1,9-10H2,2H3/b5-4-. The average Bonchev–Trinajstić information content (AvgIpc) is 3.18. The quantitative estimate of drug-likeness (QED) is 0.596. The second-order valence-corrected chi connectivity index (χ2v) is 7.01. The average molecular weight is 375 g/mol. The van der Waals surface area contributed by atoms with Gasteiger partial charge in [0.2, 0.25) is 0 Å². The van der Waals surface area contributed by atoms with Crippen molar-refractivity contribution in [3.63, 3.8) is 0 Å². The van der Waals surface area contributed by atoms with Gasteiger partial charge in [0.1, 0.15) is 17.9 Å². The summed E-state index contributed by atoms with van der Waals surface area (Å²) in [4.78, 5) is 0. The van der Waals surface area contributed by atoms with Crippen molar-refractivity contribution >= 4 is 21.8 Å². The van der Waals surface area contributed by atoms with Crippen LogP contribution in [0.3, 0.4) is 0 Å². The molecule has 3 rings (SSSR count). The first-order valence-electron chi connectivity index (χ1n) is 9.24. The van der Waals surface area contributed by atoms with E-state index in [2.05, 4.69) is 16.9 Å². The molecule has 8 heteroatoms. The molecule has 0 bridgehead atoms. The molecule has 2 N–H and O–H groups in total. The van der Waals surface area contributed by atoms with E-state index in [0.29, 0.717) is 5.69 Å². The Bertz CT molecular complexity index is 855. The highest BCUT2D eigenvalue weighted by atomic mass is 16.5. The lowest BCUT2D eigenvalue weighted by molar-refractivity contribution is -0.172. The fourth-order valence-corrected chi connectivity index (χ4v) is 3.23. The van der Waals surface area contributed by atoms with Crippen molar-refractivity contribution in [3.8, 4) is 5.69 Å². The van der Waals surface area contributed by atoms with Crippen LogP contribution < -0.4 is 0 Å². The lowest BCUT2D eigenvalue weighted by Gasteiger charge is -2.39. The SMILES string of the molecule is [B]CC([B])C1CC(O)C(O)C(c2cn(-c3ccc(C)c(/C=C\C=C)c3)nn2)O1. The molecule has 0 saturated carbocycles. The van der Waals surface area contributed by atoms with Crippen LogP contribution in [0.25, 0.3) is 11.8 Å². The number of allylic oxidation sites excluding steroid dienone is 2. The molecular formula is C20H23B2N3O3. The summed E-state index contributed by atoms with van der Waals surface area (Å²) in [6.45, 7) is 5.71. The molecule has 28 heavy (non-hydrogen) atoms. The van der Waals surface area contributed by atoms with E-state index in [4.69, 9.17) is 20.4 Å². The summed E-state index contributed by atoms with van der Waals surface area (Å²) in [5, 5.41) is 28.9. The van der Waals surface area contributed by atoms with Gasteiger partial charge in [-0.25, -0.2) is 4.68 Å². The van der Waals surface area contributed by atoms with Crippen LogP contribution in [0.15, 0.2) is 43.1 Å². The Balaban J connectivity index is 1.87. The number of hydrogen-bond donors (Lipinski definition) is 2. The topological polar surface area (TPSA) is 80.4 Å². The summed E-state index contributed by atoms with van der Waals surface area (Å²) < 4.78 is 7.51. The summed E-state index contributed by atoms with van der Waals surface area (Å²) in [7, 11) is 11.6. The molecule has 2 aromatic rings. The maximum Gasteiger partial charge on any atom is 0.132 e. The predicted molar refractivity (Wildman–Crippen MR) is 110 cm³/mol. The van der Waals surface area contributed by atoms with Gasteiger partial charge in [-0.2, -0.15) is 0 Å². The third-order valence-electron chi connectivity index (χ3n) is 4.99. The summed E-state index contributed by atoms with van der Waals surface area (Å²) >= 11 is 0. The molecule has 4 radical (unpaired) electrons. The van der Waals surface area contributed by atoms with E-state index in [1.54, 1.807) is 17.0 Å². The van der Waals surface area contributed by atoms with Crippen LogP contribution in [-0.2, 0) is 4.74 Å².